The van der Waals surface area contributed by atoms with Crippen molar-refractivity contribution in [3.8, 4) is 11.8 Å². The molecular weight excluding hydrogens is 454 g/mol. The number of fused-ring (bicyclic) bond motifs is 1. The number of amides is 2. The van der Waals surface area contributed by atoms with Gasteiger partial charge in [0.25, 0.3) is 5.90 Å². The quantitative estimate of drug-likeness (QED) is 0.351. The molecule has 190 valence electrons. The highest BCUT2D eigenvalue weighted by atomic mass is 16.6. The molecular formula is C28H35N5O3. The lowest BCUT2D eigenvalue weighted by molar-refractivity contribution is 0.196. The number of primary amides is 1. The van der Waals surface area contributed by atoms with E-state index < -0.39 is 0 Å². The molecule has 8 heteroatoms. The van der Waals surface area contributed by atoms with Crippen molar-refractivity contribution in [1.29, 1.82) is 5.26 Å². The van der Waals surface area contributed by atoms with Crippen molar-refractivity contribution < 1.29 is 14.4 Å². The maximum Gasteiger partial charge on any atom is 0.314 e. The predicted octanol–water partition coefficient (Wildman–Crippen LogP) is 4.96. The third-order valence-electron chi connectivity index (χ3n) is 6.16. The molecule has 1 saturated heterocycles. The zero-order chi connectivity index (χ0) is 25.9. The van der Waals surface area contributed by atoms with E-state index in [0.717, 1.165) is 38.8 Å². The number of aryl methyl sites for hydroxylation is 1. The summed E-state index contributed by atoms with van der Waals surface area (Å²) in [5.41, 5.74) is 10.2. The van der Waals surface area contributed by atoms with Crippen molar-refractivity contribution in [3.63, 3.8) is 0 Å². The van der Waals surface area contributed by atoms with Gasteiger partial charge in [0.15, 0.2) is 0 Å². The highest BCUT2D eigenvalue weighted by Crippen LogP contribution is 2.26. The molecule has 0 unspecified atom stereocenters. The number of ether oxygens (including phenoxy) is 1. The number of nitriles is 1. The van der Waals surface area contributed by atoms with E-state index in [1.54, 1.807) is 17.0 Å². The molecule has 4 rings (SSSR count). The number of hydrogen-bond acceptors (Lipinski definition) is 6. The Morgan fingerprint density at radius 3 is 2.58 bits per heavy atom. The van der Waals surface area contributed by atoms with Gasteiger partial charge in [-0.3, -0.25) is 0 Å². The summed E-state index contributed by atoms with van der Waals surface area (Å²) < 4.78 is 5.67. The van der Waals surface area contributed by atoms with E-state index in [1.807, 2.05) is 19.9 Å². The summed E-state index contributed by atoms with van der Waals surface area (Å²) in [6, 6.07) is 13.5. The Hall–Kier alpha value is -3.86. The molecule has 1 aliphatic heterocycles. The van der Waals surface area contributed by atoms with E-state index in [0.29, 0.717) is 29.3 Å². The second kappa shape index (κ2) is 13.3. The molecule has 0 saturated carbocycles. The van der Waals surface area contributed by atoms with Crippen LogP contribution in [-0.4, -0.2) is 42.7 Å². The van der Waals surface area contributed by atoms with Crippen molar-refractivity contribution in [1.82, 2.24) is 4.90 Å². The number of likely N-dealkylation sites (tertiary alicyclic amines) is 1. The number of carbonyl (C=O) groups is 1. The summed E-state index contributed by atoms with van der Waals surface area (Å²) in [6.45, 7) is 9.45. The zero-order valence-electron chi connectivity index (χ0n) is 21.2. The molecule has 0 bridgehead atoms. The van der Waals surface area contributed by atoms with Gasteiger partial charge >= 0.3 is 6.03 Å². The van der Waals surface area contributed by atoms with Crippen LogP contribution in [0.1, 0.15) is 67.3 Å². The summed E-state index contributed by atoms with van der Waals surface area (Å²) in [4.78, 5) is 22.1. The van der Waals surface area contributed by atoms with Crippen LogP contribution in [0.5, 0.6) is 5.75 Å². The molecule has 1 aliphatic carbocycles. The first-order valence-electron chi connectivity index (χ1n) is 12.5. The van der Waals surface area contributed by atoms with Crippen LogP contribution >= 0.6 is 0 Å². The third-order valence-corrected chi connectivity index (χ3v) is 6.16. The predicted molar refractivity (Wildman–Crippen MR) is 141 cm³/mol. The molecule has 2 N–H and O–H groups in total. The van der Waals surface area contributed by atoms with E-state index in [4.69, 9.17) is 15.3 Å². The topological polar surface area (TPSA) is 113 Å². The van der Waals surface area contributed by atoms with Crippen LogP contribution in [0.15, 0.2) is 46.5 Å². The Labute approximate surface area is 213 Å². The van der Waals surface area contributed by atoms with E-state index in [9.17, 15) is 10.1 Å². The molecule has 0 spiro atoms. The Morgan fingerprint density at radius 1 is 1.17 bits per heavy atom. The van der Waals surface area contributed by atoms with Crippen LogP contribution in [0.2, 0.25) is 0 Å². The summed E-state index contributed by atoms with van der Waals surface area (Å²) >= 11 is 0. The van der Waals surface area contributed by atoms with Gasteiger partial charge < -0.3 is 20.2 Å². The molecule has 0 atom stereocenters. The fourth-order valence-electron chi connectivity index (χ4n) is 4.46. The maximum atomic E-state index is 10.5. The highest BCUT2D eigenvalue weighted by molar-refractivity contribution is 5.94. The van der Waals surface area contributed by atoms with Crippen molar-refractivity contribution in [2.24, 2.45) is 15.9 Å². The molecule has 36 heavy (non-hydrogen) atoms. The van der Waals surface area contributed by atoms with Gasteiger partial charge in [-0.1, -0.05) is 23.4 Å². The SMILES string of the molecule is C=NOC(=NCc1cccc2c1CCC2)c1ccc(OC(C)C)c(C#N)c1.NC(=O)N1CCCCC1. The van der Waals surface area contributed by atoms with Gasteiger partial charge in [0.05, 0.1) is 18.2 Å². The minimum Gasteiger partial charge on any atom is -0.490 e. The fraction of sp³-hybridized carbons (Fsp3) is 0.429. The van der Waals surface area contributed by atoms with Gasteiger partial charge in [0.1, 0.15) is 11.8 Å². The highest BCUT2D eigenvalue weighted by Gasteiger charge is 2.16. The van der Waals surface area contributed by atoms with Crippen LogP contribution in [0.3, 0.4) is 0 Å². The standard InChI is InChI=1S/C22H23N3O2.C6H12N2O/c1-15(2)26-21-11-10-17(12-19(21)13-23)22(27-24-3)25-14-18-8-4-6-16-7-5-9-20(16)18;7-6(9)8-4-2-1-3-5-8/h4,6,8,10-12,15H,3,5,7,9,14H2,1-2H3;1-5H2,(H2,7,9). The Morgan fingerprint density at radius 2 is 1.94 bits per heavy atom. The maximum absolute atomic E-state index is 10.5. The van der Waals surface area contributed by atoms with Crippen molar-refractivity contribution in [2.45, 2.75) is 65.0 Å². The Bertz CT molecular complexity index is 1130. The van der Waals surface area contributed by atoms with Gasteiger partial charge in [-0.05, 0) is 87.3 Å². The van der Waals surface area contributed by atoms with E-state index in [2.05, 4.69) is 41.1 Å². The lowest BCUT2D eigenvalue weighted by Gasteiger charge is -2.24. The van der Waals surface area contributed by atoms with Gasteiger partial charge in [-0.25, -0.2) is 9.79 Å². The van der Waals surface area contributed by atoms with Crippen LogP contribution in [0, 0.1) is 11.3 Å². The average Bonchev–Trinajstić information content (AvgIpc) is 3.37. The lowest BCUT2D eigenvalue weighted by Crippen LogP contribution is -2.39. The number of hydrogen-bond donors (Lipinski definition) is 1. The molecule has 1 heterocycles. The van der Waals surface area contributed by atoms with Crippen molar-refractivity contribution in [2.75, 3.05) is 13.1 Å². The monoisotopic (exact) mass is 489 g/mol. The van der Waals surface area contributed by atoms with Crippen LogP contribution in [-0.2, 0) is 24.2 Å². The molecule has 8 nitrogen and oxygen atoms in total. The van der Waals surface area contributed by atoms with Gasteiger partial charge in [0.2, 0.25) is 0 Å². The summed E-state index contributed by atoms with van der Waals surface area (Å²) in [6.07, 6.45) is 6.87. The smallest absolute Gasteiger partial charge is 0.314 e. The number of rotatable bonds is 6. The van der Waals surface area contributed by atoms with E-state index in [-0.39, 0.29) is 12.1 Å². The number of nitrogens with zero attached hydrogens (tertiary/aromatic N) is 4. The second-order valence-electron chi connectivity index (χ2n) is 9.13. The zero-order valence-corrected chi connectivity index (χ0v) is 21.2. The number of piperidine rings is 1. The molecule has 2 amide bonds. The average molecular weight is 490 g/mol. The van der Waals surface area contributed by atoms with Crippen LogP contribution in [0.25, 0.3) is 0 Å². The van der Waals surface area contributed by atoms with Gasteiger partial charge in [-0.15, -0.1) is 0 Å². The summed E-state index contributed by atoms with van der Waals surface area (Å²) in [7, 11) is 0. The minimum atomic E-state index is -0.269. The van der Waals surface area contributed by atoms with E-state index >= 15 is 0 Å². The number of nitrogens with two attached hydrogens (primary N) is 1. The fourth-order valence-corrected chi connectivity index (χ4v) is 4.46. The number of benzene rings is 2. The molecule has 2 aromatic carbocycles. The summed E-state index contributed by atoms with van der Waals surface area (Å²) in [5, 5.41) is 13.0. The normalized spacial score (nSPS) is 14.8. The number of carbonyl (C=O) groups excluding carboxylic acids is 1. The minimum absolute atomic E-state index is 0.0117. The van der Waals surface area contributed by atoms with Gasteiger partial charge in [0, 0.05) is 25.4 Å². The second-order valence-corrected chi connectivity index (χ2v) is 9.13. The van der Waals surface area contributed by atoms with Crippen LogP contribution in [0.4, 0.5) is 4.79 Å². The van der Waals surface area contributed by atoms with Gasteiger partial charge in [-0.2, -0.15) is 5.26 Å². The Balaban J connectivity index is 0.000000338. The van der Waals surface area contributed by atoms with Crippen LogP contribution < -0.4 is 10.5 Å². The molecule has 2 aromatic rings. The largest absolute Gasteiger partial charge is 0.490 e. The molecule has 1 fully saturated rings. The summed E-state index contributed by atoms with van der Waals surface area (Å²) in [5.74, 6) is 0.885. The van der Waals surface area contributed by atoms with Crippen molar-refractivity contribution in [3.05, 3.63) is 64.2 Å². The number of aliphatic imine (C=N–C) groups is 1. The first kappa shape index (κ1) is 26.7. The first-order chi connectivity index (χ1) is 17.4. The van der Waals surface area contributed by atoms with Crippen molar-refractivity contribution >= 4 is 18.6 Å². The first-order valence-corrected chi connectivity index (χ1v) is 12.5. The Kier molecular flexibility index (Phi) is 9.87. The molecule has 2 aliphatic rings. The molecule has 0 radical (unpaired) electrons. The third kappa shape index (κ3) is 7.32. The van der Waals surface area contributed by atoms with E-state index in [1.165, 1.54) is 29.5 Å². The lowest BCUT2D eigenvalue weighted by atomic mass is 10.0. The number of urea groups is 1. The number of oxime groups is 1. The molecule has 0 aromatic heterocycles.